The summed E-state index contributed by atoms with van der Waals surface area (Å²) < 4.78 is 11.8. The maximum atomic E-state index is 12.7. The fourth-order valence-electron chi connectivity index (χ4n) is 3.30. The highest BCUT2D eigenvalue weighted by Gasteiger charge is 2.17. The molecule has 0 unspecified atom stereocenters. The number of ether oxygens (including phenoxy) is 1. The number of aromatic nitrogens is 1. The number of thiophene rings is 1. The number of benzene rings is 3. The quantitative estimate of drug-likeness (QED) is 0.376. The number of rotatable bonds is 5. The minimum absolute atomic E-state index is 0.232. The van der Waals surface area contributed by atoms with Crippen LogP contribution in [0.25, 0.3) is 32.6 Å². The summed E-state index contributed by atoms with van der Waals surface area (Å²) in [4.78, 5) is 18.2. The zero-order chi connectivity index (χ0) is 20.5. The molecule has 0 aliphatic rings. The summed E-state index contributed by atoms with van der Waals surface area (Å²) in [5.41, 5.74) is 2.02. The lowest BCUT2D eigenvalue weighted by Gasteiger charge is -2.16. The minimum atomic E-state index is -0.662. The number of hydrogen-bond donors (Lipinski definition) is 1. The lowest BCUT2D eigenvalue weighted by molar-refractivity contribution is -0.122. The number of nitrogens with zero attached hydrogens (tertiary/aromatic N) is 1. The predicted octanol–water partition coefficient (Wildman–Crippen LogP) is 6.12. The Kier molecular flexibility index (Phi) is 4.69. The molecular formula is C24H18N2O3S. The van der Waals surface area contributed by atoms with E-state index in [1.165, 1.54) is 0 Å². The van der Waals surface area contributed by atoms with Crippen LogP contribution in [0.2, 0.25) is 0 Å². The molecule has 30 heavy (non-hydrogen) atoms. The number of fused-ring (bicyclic) bond motifs is 2. The third-order valence-electron chi connectivity index (χ3n) is 4.81. The molecule has 5 aromatic rings. The highest BCUT2D eigenvalue weighted by Crippen LogP contribution is 2.29. The van der Waals surface area contributed by atoms with Gasteiger partial charge in [0.05, 0.1) is 4.88 Å². The first-order valence-corrected chi connectivity index (χ1v) is 10.4. The summed E-state index contributed by atoms with van der Waals surface area (Å²) in [5.74, 6) is 1.03. The zero-order valence-electron chi connectivity index (χ0n) is 16.2. The van der Waals surface area contributed by atoms with Gasteiger partial charge in [0, 0.05) is 11.1 Å². The third kappa shape index (κ3) is 3.53. The molecular weight excluding hydrogens is 396 g/mol. The SMILES string of the molecule is C[C@H](Oc1cccc2ccccc12)C(=O)Nc1ccc2oc(-c3cccs3)nc2c1. The van der Waals surface area contributed by atoms with E-state index in [9.17, 15) is 4.79 Å². The largest absolute Gasteiger partial charge is 0.480 e. The van der Waals surface area contributed by atoms with Crippen LogP contribution in [0.15, 0.2) is 82.6 Å². The van der Waals surface area contributed by atoms with E-state index in [1.54, 1.807) is 30.4 Å². The van der Waals surface area contributed by atoms with Gasteiger partial charge in [0.1, 0.15) is 11.3 Å². The van der Waals surface area contributed by atoms with E-state index in [2.05, 4.69) is 10.3 Å². The summed E-state index contributed by atoms with van der Waals surface area (Å²) in [7, 11) is 0. The Morgan fingerprint density at radius 1 is 1.07 bits per heavy atom. The Morgan fingerprint density at radius 2 is 1.93 bits per heavy atom. The van der Waals surface area contributed by atoms with E-state index in [-0.39, 0.29) is 5.91 Å². The molecule has 3 aromatic carbocycles. The van der Waals surface area contributed by atoms with E-state index < -0.39 is 6.10 Å². The summed E-state index contributed by atoms with van der Waals surface area (Å²) in [6.45, 7) is 1.74. The van der Waals surface area contributed by atoms with Crippen molar-refractivity contribution in [3.63, 3.8) is 0 Å². The first-order chi connectivity index (χ1) is 14.7. The molecule has 2 aromatic heterocycles. The number of oxazole rings is 1. The van der Waals surface area contributed by atoms with Gasteiger partial charge in [0.25, 0.3) is 5.91 Å². The fraction of sp³-hybridized carbons (Fsp3) is 0.0833. The molecule has 5 nitrogen and oxygen atoms in total. The first-order valence-electron chi connectivity index (χ1n) is 9.57. The van der Waals surface area contributed by atoms with Crippen LogP contribution in [0.3, 0.4) is 0 Å². The van der Waals surface area contributed by atoms with Crippen LogP contribution in [0.4, 0.5) is 5.69 Å². The number of carbonyl (C=O) groups is 1. The average molecular weight is 414 g/mol. The monoisotopic (exact) mass is 414 g/mol. The molecule has 2 heterocycles. The van der Waals surface area contributed by atoms with Crippen LogP contribution in [0.5, 0.6) is 5.75 Å². The van der Waals surface area contributed by atoms with Crippen molar-refractivity contribution in [2.75, 3.05) is 5.32 Å². The summed E-state index contributed by atoms with van der Waals surface area (Å²) in [6.07, 6.45) is -0.662. The molecule has 0 fully saturated rings. The maximum Gasteiger partial charge on any atom is 0.265 e. The van der Waals surface area contributed by atoms with Gasteiger partial charge in [-0.1, -0.05) is 42.5 Å². The average Bonchev–Trinajstić information content (AvgIpc) is 3.43. The van der Waals surface area contributed by atoms with Gasteiger partial charge in [-0.15, -0.1) is 11.3 Å². The Hall–Kier alpha value is -3.64. The number of hydrogen-bond acceptors (Lipinski definition) is 5. The second-order valence-corrected chi connectivity index (χ2v) is 7.85. The van der Waals surface area contributed by atoms with Crippen LogP contribution < -0.4 is 10.1 Å². The molecule has 148 valence electrons. The molecule has 0 radical (unpaired) electrons. The van der Waals surface area contributed by atoms with Gasteiger partial charge in [-0.25, -0.2) is 4.98 Å². The maximum absolute atomic E-state index is 12.7. The van der Waals surface area contributed by atoms with Gasteiger partial charge in [0.2, 0.25) is 5.89 Å². The van der Waals surface area contributed by atoms with Crippen LogP contribution in [-0.2, 0) is 4.79 Å². The molecule has 1 amide bonds. The van der Waals surface area contributed by atoms with Crippen LogP contribution in [0, 0.1) is 0 Å². The lowest BCUT2D eigenvalue weighted by atomic mass is 10.1. The highest BCUT2D eigenvalue weighted by molar-refractivity contribution is 7.13. The van der Waals surface area contributed by atoms with Gasteiger partial charge in [0.15, 0.2) is 11.7 Å². The topological polar surface area (TPSA) is 64.4 Å². The van der Waals surface area contributed by atoms with E-state index in [4.69, 9.17) is 9.15 Å². The van der Waals surface area contributed by atoms with Crippen molar-refractivity contribution < 1.29 is 13.9 Å². The normalized spacial score (nSPS) is 12.2. The minimum Gasteiger partial charge on any atom is -0.480 e. The van der Waals surface area contributed by atoms with E-state index in [1.807, 2.05) is 66.0 Å². The summed E-state index contributed by atoms with van der Waals surface area (Å²) in [6, 6.07) is 23.1. The number of anilines is 1. The molecule has 0 saturated heterocycles. The van der Waals surface area contributed by atoms with Crippen molar-refractivity contribution in [3.8, 4) is 16.5 Å². The lowest BCUT2D eigenvalue weighted by Crippen LogP contribution is -2.30. The smallest absolute Gasteiger partial charge is 0.265 e. The van der Waals surface area contributed by atoms with Crippen LogP contribution in [0.1, 0.15) is 6.92 Å². The van der Waals surface area contributed by atoms with Crippen molar-refractivity contribution in [2.24, 2.45) is 0 Å². The third-order valence-corrected chi connectivity index (χ3v) is 5.67. The van der Waals surface area contributed by atoms with Gasteiger partial charge >= 0.3 is 0 Å². The molecule has 5 rings (SSSR count). The fourth-order valence-corrected chi connectivity index (χ4v) is 3.95. The number of nitrogens with one attached hydrogen (secondary N) is 1. The zero-order valence-corrected chi connectivity index (χ0v) is 17.0. The van der Waals surface area contributed by atoms with Gasteiger partial charge < -0.3 is 14.5 Å². The van der Waals surface area contributed by atoms with Crippen LogP contribution >= 0.6 is 11.3 Å². The molecule has 0 aliphatic heterocycles. The second-order valence-electron chi connectivity index (χ2n) is 6.91. The molecule has 0 bridgehead atoms. The Bertz CT molecular complexity index is 1340. The number of carbonyl (C=O) groups excluding carboxylic acids is 1. The Morgan fingerprint density at radius 3 is 2.80 bits per heavy atom. The van der Waals surface area contributed by atoms with Gasteiger partial charge in [-0.05, 0) is 48.0 Å². The molecule has 0 spiro atoms. The van der Waals surface area contributed by atoms with Crippen molar-refractivity contribution >= 4 is 44.8 Å². The predicted molar refractivity (Wildman–Crippen MR) is 120 cm³/mol. The molecule has 6 heteroatoms. The Balaban J connectivity index is 1.33. The summed E-state index contributed by atoms with van der Waals surface area (Å²) in [5, 5.41) is 6.93. The van der Waals surface area contributed by atoms with E-state index in [0.29, 0.717) is 28.4 Å². The Labute approximate surface area is 176 Å². The molecule has 0 aliphatic carbocycles. The van der Waals surface area contributed by atoms with Crippen LogP contribution in [-0.4, -0.2) is 17.0 Å². The second kappa shape index (κ2) is 7.65. The molecule has 0 saturated carbocycles. The standard InChI is InChI=1S/C24H18N2O3S/c1-15(28-20-9-4-7-16-6-2-3-8-18(16)20)23(27)25-17-11-12-21-19(14-17)26-24(29-21)22-10-5-13-30-22/h2-15H,1H3,(H,25,27)/t15-/m0/s1. The van der Waals surface area contributed by atoms with Crippen molar-refractivity contribution in [1.82, 2.24) is 4.98 Å². The van der Waals surface area contributed by atoms with Gasteiger partial charge in [-0.3, -0.25) is 4.79 Å². The van der Waals surface area contributed by atoms with Crippen molar-refractivity contribution in [2.45, 2.75) is 13.0 Å². The van der Waals surface area contributed by atoms with E-state index >= 15 is 0 Å². The number of amides is 1. The molecule has 1 atom stereocenters. The first kappa shape index (κ1) is 18.4. The van der Waals surface area contributed by atoms with E-state index in [0.717, 1.165) is 15.6 Å². The highest BCUT2D eigenvalue weighted by atomic mass is 32.1. The molecule has 1 N–H and O–H groups in total. The van der Waals surface area contributed by atoms with Crippen molar-refractivity contribution in [3.05, 3.63) is 78.2 Å². The van der Waals surface area contributed by atoms with Crippen molar-refractivity contribution in [1.29, 1.82) is 0 Å². The summed E-state index contributed by atoms with van der Waals surface area (Å²) >= 11 is 1.57. The van der Waals surface area contributed by atoms with Gasteiger partial charge in [-0.2, -0.15) is 0 Å².